The van der Waals surface area contributed by atoms with E-state index in [0.717, 1.165) is 12.8 Å². The topological polar surface area (TPSA) is 79.5 Å². The van der Waals surface area contributed by atoms with Gasteiger partial charge in [-0.3, -0.25) is 0 Å². The average molecular weight is 288 g/mol. The van der Waals surface area contributed by atoms with Crippen molar-refractivity contribution >= 4 is 10.2 Å². The van der Waals surface area contributed by atoms with E-state index in [1.165, 1.54) is 15.7 Å². The predicted octanol–water partition coefficient (Wildman–Crippen LogP) is 0.964. The summed E-state index contributed by atoms with van der Waals surface area (Å²) in [5, 5.41) is 3.82. The highest BCUT2D eigenvalue weighted by molar-refractivity contribution is 7.86. The zero-order valence-corrected chi connectivity index (χ0v) is 12.5. The van der Waals surface area contributed by atoms with Crippen molar-refractivity contribution in [3.05, 3.63) is 11.7 Å². The fraction of sp³-hybridized carbons (Fsp3) is 0.818. The van der Waals surface area contributed by atoms with Gasteiger partial charge in [-0.05, 0) is 26.7 Å². The maximum atomic E-state index is 12.2. The Morgan fingerprint density at radius 2 is 2.00 bits per heavy atom. The Morgan fingerprint density at radius 1 is 1.37 bits per heavy atom. The molecule has 1 aliphatic rings. The predicted molar refractivity (Wildman–Crippen MR) is 69.6 cm³/mol. The molecule has 19 heavy (non-hydrogen) atoms. The summed E-state index contributed by atoms with van der Waals surface area (Å²) in [5.41, 5.74) is 0. The van der Waals surface area contributed by atoms with Crippen LogP contribution < -0.4 is 0 Å². The molecule has 1 aromatic heterocycles. The molecule has 0 amide bonds. The summed E-state index contributed by atoms with van der Waals surface area (Å²) >= 11 is 0. The molecule has 108 valence electrons. The molecule has 0 spiro atoms. The Morgan fingerprint density at radius 3 is 2.53 bits per heavy atom. The Labute approximate surface area is 113 Å². The Hall–Kier alpha value is -0.990. The van der Waals surface area contributed by atoms with Gasteiger partial charge in [-0.15, -0.1) is 0 Å². The first-order valence-electron chi connectivity index (χ1n) is 6.34. The van der Waals surface area contributed by atoms with Crippen LogP contribution >= 0.6 is 0 Å². The molecule has 1 saturated carbocycles. The summed E-state index contributed by atoms with van der Waals surface area (Å²) in [7, 11) is -0.414. The molecule has 1 fully saturated rings. The second-order valence-corrected chi connectivity index (χ2v) is 7.29. The summed E-state index contributed by atoms with van der Waals surface area (Å²) < 4.78 is 32.0. The second kappa shape index (κ2) is 5.18. The SMILES string of the molecule is CC(C)N(C)S(=O)(=O)N(C)Cc1noc(C2CC2)n1. The first-order chi connectivity index (χ1) is 8.82. The molecule has 0 aliphatic heterocycles. The van der Waals surface area contributed by atoms with E-state index in [0.29, 0.717) is 17.6 Å². The fourth-order valence-electron chi connectivity index (χ4n) is 1.59. The molecular formula is C11H20N4O3S. The van der Waals surface area contributed by atoms with Crippen LogP contribution in [0.2, 0.25) is 0 Å². The molecule has 0 N–H and O–H groups in total. The lowest BCUT2D eigenvalue weighted by molar-refractivity contribution is 0.342. The van der Waals surface area contributed by atoms with Crippen LogP contribution in [0.15, 0.2) is 4.52 Å². The van der Waals surface area contributed by atoms with E-state index in [2.05, 4.69) is 10.1 Å². The zero-order valence-electron chi connectivity index (χ0n) is 11.7. The first kappa shape index (κ1) is 14.4. The van der Waals surface area contributed by atoms with Gasteiger partial charge >= 0.3 is 0 Å². The Bertz CT molecular complexity index is 536. The van der Waals surface area contributed by atoms with Gasteiger partial charge in [0.05, 0.1) is 6.54 Å². The van der Waals surface area contributed by atoms with E-state index < -0.39 is 10.2 Å². The smallest absolute Gasteiger partial charge is 0.282 e. The summed E-state index contributed by atoms with van der Waals surface area (Å²) in [6.45, 7) is 3.77. The normalized spacial score (nSPS) is 16.8. The third kappa shape index (κ3) is 3.13. The molecule has 1 aromatic rings. The summed E-state index contributed by atoms with van der Waals surface area (Å²) in [5.74, 6) is 1.41. The molecule has 0 saturated heterocycles. The first-order valence-corrected chi connectivity index (χ1v) is 7.74. The van der Waals surface area contributed by atoms with E-state index >= 15 is 0 Å². The molecule has 0 aromatic carbocycles. The van der Waals surface area contributed by atoms with Crippen LogP contribution in [-0.4, -0.2) is 47.3 Å². The maximum absolute atomic E-state index is 12.2. The lowest BCUT2D eigenvalue weighted by Crippen LogP contribution is -2.42. The molecule has 1 heterocycles. The van der Waals surface area contributed by atoms with Crippen molar-refractivity contribution in [3.8, 4) is 0 Å². The Balaban J connectivity index is 2.04. The minimum atomic E-state index is -3.49. The molecule has 0 radical (unpaired) electrons. The van der Waals surface area contributed by atoms with Crippen LogP contribution in [0.5, 0.6) is 0 Å². The van der Waals surface area contributed by atoms with Crippen molar-refractivity contribution in [1.82, 2.24) is 18.8 Å². The molecule has 0 bridgehead atoms. The van der Waals surface area contributed by atoms with E-state index in [1.54, 1.807) is 7.05 Å². The summed E-state index contributed by atoms with van der Waals surface area (Å²) in [4.78, 5) is 4.23. The van der Waals surface area contributed by atoms with Crippen molar-refractivity contribution in [2.45, 2.75) is 45.2 Å². The lowest BCUT2D eigenvalue weighted by atomic mass is 10.4. The highest BCUT2D eigenvalue weighted by atomic mass is 32.2. The molecule has 1 aliphatic carbocycles. The molecule has 2 rings (SSSR count). The maximum Gasteiger partial charge on any atom is 0.282 e. The summed E-state index contributed by atoms with van der Waals surface area (Å²) in [6, 6.07) is -0.0975. The van der Waals surface area contributed by atoms with Gasteiger partial charge in [-0.2, -0.15) is 22.0 Å². The second-order valence-electron chi connectivity index (χ2n) is 5.20. The third-order valence-corrected chi connectivity index (χ3v) is 5.33. The van der Waals surface area contributed by atoms with Crippen molar-refractivity contribution < 1.29 is 12.9 Å². The van der Waals surface area contributed by atoms with Gasteiger partial charge in [0.25, 0.3) is 10.2 Å². The van der Waals surface area contributed by atoms with Gasteiger partial charge in [-0.25, -0.2) is 0 Å². The zero-order chi connectivity index (χ0) is 14.2. The number of hydrogen-bond donors (Lipinski definition) is 0. The minimum Gasteiger partial charge on any atom is -0.339 e. The van der Waals surface area contributed by atoms with Gasteiger partial charge < -0.3 is 4.52 Å². The largest absolute Gasteiger partial charge is 0.339 e. The minimum absolute atomic E-state index is 0.0975. The van der Waals surface area contributed by atoms with Crippen LogP contribution in [-0.2, 0) is 16.8 Å². The van der Waals surface area contributed by atoms with Gasteiger partial charge in [0.2, 0.25) is 5.89 Å². The van der Waals surface area contributed by atoms with Crippen LogP contribution in [0.1, 0.15) is 44.3 Å². The van der Waals surface area contributed by atoms with Crippen molar-refractivity contribution in [1.29, 1.82) is 0 Å². The fourth-order valence-corrected chi connectivity index (χ4v) is 2.85. The molecular weight excluding hydrogens is 268 g/mol. The molecule has 7 nitrogen and oxygen atoms in total. The number of rotatable bonds is 6. The highest BCUT2D eigenvalue weighted by Gasteiger charge is 2.31. The van der Waals surface area contributed by atoms with E-state index in [-0.39, 0.29) is 12.6 Å². The third-order valence-electron chi connectivity index (χ3n) is 3.26. The van der Waals surface area contributed by atoms with Gasteiger partial charge in [0.15, 0.2) is 5.82 Å². The van der Waals surface area contributed by atoms with Crippen LogP contribution in [0.3, 0.4) is 0 Å². The number of nitrogens with zero attached hydrogens (tertiary/aromatic N) is 4. The Kier molecular flexibility index (Phi) is 3.93. The molecule has 8 heteroatoms. The number of hydrogen-bond acceptors (Lipinski definition) is 5. The van der Waals surface area contributed by atoms with Gasteiger partial charge in [0.1, 0.15) is 0 Å². The van der Waals surface area contributed by atoms with Crippen LogP contribution in [0, 0.1) is 0 Å². The van der Waals surface area contributed by atoms with Crippen LogP contribution in [0.4, 0.5) is 0 Å². The van der Waals surface area contributed by atoms with E-state index in [4.69, 9.17) is 4.52 Å². The standard InChI is InChI=1S/C11H20N4O3S/c1-8(2)15(4)19(16,17)14(3)7-10-12-11(18-13-10)9-5-6-9/h8-9H,5-7H2,1-4H3. The van der Waals surface area contributed by atoms with Crippen molar-refractivity contribution in [2.75, 3.05) is 14.1 Å². The molecule has 0 unspecified atom stereocenters. The summed E-state index contributed by atoms with van der Waals surface area (Å²) in [6.07, 6.45) is 2.15. The average Bonchev–Trinajstić information content (AvgIpc) is 3.09. The molecule has 0 atom stereocenters. The van der Waals surface area contributed by atoms with Crippen molar-refractivity contribution in [3.63, 3.8) is 0 Å². The van der Waals surface area contributed by atoms with E-state index in [1.807, 2.05) is 13.8 Å². The van der Waals surface area contributed by atoms with Crippen molar-refractivity contribution in [2.24, 2.45) is 0 Å². The monoisotopic (exact) mass is 288 g/mol. The van der Waals surface area contributed by atoms with Crippen LogP contribution in [0.25, 0.3) is 0 Å². The van der Waals surface area contributed by atoms with Gasteiger partial charge in [-0.1, -0.05) is 5.16 Å². The number of aromatic nitrogens is 2. The highest BCUT2D eigenvalue weighted by Crippen LogP contribution is 2.38. The quantitative estimate of drug-likeness (QED) is 0.779. The van der Waals surface area contributed by atoms with Gasteiger partial charge in [0, 0.05) is 26.1 Å². The van der Waals surface area contributed by atoms with E-state index in [9.17, 15) is 8.42 Å². The lowest BCUT2D eigenvalue weighted by Gasteiger charge is -2.26.